The molecule has 3 rings (SSSR count). The molecule has 0 aromatic carbocycles. The van der Waals surface area contributed by atoms with E-state index < -0.39 is 0 Å². The van der Waals surface area contributed by atoms with Gasteiger partial charge in [-0.05, 0) is 25.0 Å². The van der Waals surface area contributed by atoms with E-state index in [-0.39, 0.29) is 6.10 Å². The molecule has 7 nitrogen and oxygen atoms in total. The smallest absolute Gasteiger partial charge is 0.128 e. The van der Waals surface area contributed by atoms with E-state index in [1.807, 2.05) is 31.2 Å². The number of aryl methyl sites for hydroxylation is 1. The highest BCUT2D eigenvalue weighted by Crippen LogP contribution is 2.31. The summed E-state index contributed by atoms with van der Waals surface area (Å²) in [5.74, 6) is 0.957. The van der Waals surface area contributed by atoms with Crippen LogP contribution in [0.2, 0.25) is 0 Å². The lowest BCUT2D eigenvalue weighted by Crippen LogP contribution is -2.31. The van der Waals surface area contributed by atoms with E-state index in [0.717, 1.165) is 37.6 Å². The zero-order valence-electron chi connectivity index (χ0n) is 16.1. The third kappa shape index (κ3) is 4.23. The number of rotatable bonds is 8. The maximum Gasteiger partial charge on any atom is 0.128 e. The van der Waals surface area contributed by atoms with Crippen LogP contribution in [0.3, 0.4) is 0 Å². The lowest BCUT2D eigenvalue weighted by Gasteiger charge is -2.20. The van der Waals surface area contributed by atoms with Crippen molar-refractivity contribution in [2.75, 3.05) is 38.8 Å². The molecule has 2 atom stereocenters. The van der Waals surface area contributed by atoms with Gasteiger partial charge in [-0.2, -0.15) is 5.10 Å². The Hall–Kier alpha value is -1.96. The summed E-state index contributed by atoms with van der Waals surface area (Å²) in [6.45, 7) is 5.16. The van der Waals surface area contributed by atoms with E-state index >= 15 is 0 Å². The fourth-order valence-electron chi connectivity index (χ4n) is 3.24. The summed E-state index contributed by atoms with van der Waals surface area (Å²) in [7, 11) is 5.70. The predicted molar refractivity (Wildman–Crippen MR) is 101 cm³/mol. The number of methoxy groups -OCH3 is 1. The molecular formula is C19H29N5O2. The predicted octanol–water partition coefficient (Wildman–Crippen LogP) is 1.83. The Morgan fingerprint density at radius 2 is 2.23 bits per heavy atom. The van der Waals surface area contributed by atoms with E-state index in [4.69, 9.17) is 9.47 Å². The van der Waals surface area contributed by atoms with Gasteiger partial charge in [-0.25, -0.2) is 4.98 Å². The molecule has 0 radical (unpaired) electrons. The van der Waals surface area contributed by atoms with Crippen LogP contribution >= 0.6 is 0 Å². The van der Waals surface area contributed by atoms with Gasteiger partial charge in [0.15, 0.2) is 0 Å². The van der Waals surface area contributed by atoms with Crippen LogP contribution in [0, 0.1) is 6.92 Å². The van der Waals surface area contributed by atoms with Crippen molar-refractivity contribution in [3.05, 3.63) is 41.3 Å². The lowest BCUT2D eigenvalue weighted by atomic mass is 10.0. The maximum atomic E-state index is 5.97. The van der Waals surface area contributed by atoms with Crippen LogP contribution in [0.25, 0.3) is 0 Å². The molecule has 2 aromatic rings. The van der Waals surface area contributed by atoms with Crippen molar-refractivity contribution in [1.29, 1.82) is 0 Å². The molecule has 0 bridgehead atoms. The van der Waals surface area contributed by atoms with Gasteiger partial charge < -0.3 is 19.7 Å². The first-order valence-electron chi connectivity index (χ1n) is 9.08. The second kappa shape index (κ2) is 8.62. The van der Waals surface area contributed by atoms with Gasteiger partial charge in [0.1, 0.15) is 11.9 Å². The zero-order valence-corrected chi connectivity index (χ0v) is 16.1. The first-order chi connectivity index (χ1) is 12.6. The zero-order chi connectivity index (χ0) is 18.5. The quantitative estimate of drug-likeness (QED) is 0.776. The molecule has 1 aliphatic rings. The van der Waals surface area contributed by atoms with Gasteiger partial charge in [0, 0.05) is 64.4 Å². The third-order valence-corrected chi connectivity index (χ3v) is 5.07. The molecular weight excluding hydrogens is 330 g/mol. The average molecular weight is 359 g/mol. The number of nitrogens with one attached hydrogen (secondary N) is 1. The molecule has 0 saturated carbocycles. The van der Waals surface area contributed by atoms with Crippen molar-refractivity contribution in [3.63, 3.8) is 0 Å². The second-order valence-corrected chi connectivity index (χ2v) is 6.82. The maximum absolute atomic E-state index is 5.97. The minimum absolute atomic E-state index is 0.0658. The van der Waals surface area contributed by atoms with E-state index in [1.54, 1.807) is 7.11 Å². The summed E-state index contributed by atoms with van der Waals surface area (Å²) >= 11 is 0. The molecule has 2 aromatic heterocycles. The van der Waals surface area contributed by atoms with Crippen LogP contribution in [0.4, 0.5) is 5.82 Å². The minimum Gasteiger partial charge on any atom is -0.383 e. The van der Waals surface area contributed by atoms with Crippen LogP contribution in [-0.2, 0) is 23.1 Å². The molecule has 0 unspecified atom stereocenters. The molecule has 3 heterocycles. The number of hydrogen-bond donors (Lipinski definition) is 1. The molecule has 0 spiro atoms. The average Bonchev–Trinajstić information content (AvgIpc) is 3.25. The highest BCUT2D eigenvalue weighted by atomic mass is 16.5. The Bertz CT molecular complexity index is 700. The van der Waals surface area contributed by atoms with Crippen molar-refractivity contribution >= 4 is 5.82 Å². The Morgan fingerprint density at radius 3 is 2.88 bits per heavy atom. The van der Waals surface area contributed by atoms with Crippen molar-refractivity contribution in [3.8, 4) is 0 Å². The fraction of sp³-hybridized carbons (Fsp3) is 0.579. The molecule has 0 amide bonds. The lowest BCUT2D eigenvalue weighted by molar-refractivity contribution is 0.0979. The van der Waals surface area contributed by atoms with Crippen LogP contribution in [0.5, 0.6) is 0 Å². The number of hydrogen-bond acceptors (Lipinski definition) is 6. The minimum atomic E-state index is 0.0658. The number of nitrogens with zero attached hydrogens (tertiary/aromatic N) is 4. The number of likely N-dealkylation sites (N-methyl/N-ethyl adjacent to an activating group) is 1. The van der Waals surface area contributed by atoms with Gasteiger partial charge >= 0.3 is 0 Å². The van der Waals surface area contributed by atoms with E-state index in [9.17, 15) is 0 Å². The normalized spacial score (nSPS) is 19.8. The van der Waals surface area contributed by atoms with Crippen molar-refractivity contribution in [2.45, 2.75) is 32.0 Å². The summed E-state index contributed by atoms with van der Waals surface area (Å²) in [6.07, 6.45) is 4.93. The van der Waals surface area contributed by atoms with Crippen LogP contribution < -0.4 is 10.2 Å². The van der Waals surface area contributed by atoms with Gasteiger partial charge in [-0.3, -0.25) is 4.68 Å². The summed E-state index contributed by atoms with van der Waals surface area (Å²) < 4.78 is 13.0. The molecule has 1 fully saturated rings. The highest BCUT2D eigenvalue weighted by molar-refractivity contribution is 5.38. The van der Waals surface area contributed by atoms with Crippen molar-refractivity contribution in [1.82, 2.24) is 20.1 Å². The number of pyridine rings is 1. The van der Waals surface area contributed by atoms with Gasteiger partial charge in [0.2, 0.25) is 0 Å². The SMILES string of the molecule is COCCN(C)c1ccc(CN[C@H]2CCO[C@@H]2c2cnn(C)c2C)cn1. The van der Waals surface area contributed by atoms with E-state index in [0.29, 0.717) is 12.6 Å². The number of anilines is 1. The molecule has 0 aliphatic carbocycles. The first-order valence-corrected chi connectivity index (χ1v) is 9.08. The summed E-state index contributed by atoms with van der Waals surface area (Å²) in [5.41, 5.74) is 3.51. The van der Waals surface area contributed by atoms with Crippen LogP contribution in [-0.4, -0.2) is 54.7 Å². The van der Waals surface area contributed by atoms with Gasteiger partial charge in [-0.15, -0.1) is 0 Å². The summed E-state index contributed by atoms with van der Waals surface area (Å²) in [6, 6.07) is 4.47. The Morgan fingerprint density at radius 1 is 1.38 bits per heavy atom. The third-order valence-electron chi connectivity index (χ3n) is 5.07. The largest absolute Gasteiger partial charge is 0.383 e. The monoisotopic (exact) mass is 359 g/mol. The highest BCUT2D eigenvalue weighted by Gasteiger charge is 2.31. The molecule has 7 heteroatoms. The van der Waals surface area contributed by atoms with Crippen molar-refractivity contribution in [2.24, 2.45) is 7.05 Å². The first kappa shape index (κ1) is 18.8. The Labute approximate surface area is 155 Å². The summed E-state index contributed by atoms with van der Waals surface area (Å²) in [5, 5.41) is 7.98. The van der Waals surface area contributed by atoms with Crippen molar-refractivity contribution < 1.29 is 9.47 Å². The molecule has 142 valence electrons. The summed E-state index contributed by atoms with van der Waals surface area (Å²) in [4.78, 5) is 6.65. The molecule has 1 aliphatic heterocycles. The van der Waals surface area contributed by atoms with Gasteiger partial charge in [0.05, 0.1) is 12.8 Å². The topological polar surface area (TPSA) is 64.4 Å². The van der Waals surface area contributed by atoms with Gasteiger partial charge in [-0.1, -0.05) is 6.07 Å². The number of aromatic nitrogens is 3. The van der Waals surface area contributed by atoms with Crippen LogP contribution in [0.1, 0.15) is 29.3 Å². The van der Waals surface area contributed by atoms with Crippen LogP contribution in [0.15, 0.2) is 24.5 Å². The Balaban J connectivity index is 1.57. The van der Waals surface area contributed by atoms with E-state index in [2.05, 4.69) is 39.4 Å². The molecule has 26 heavy (non-hydrogen) atoms. The molecule has 1 saturated heterocycles. The standard InChI is InChI=1S/C19H29N5O2/c1-14-16(13-22-24(14)3)19-17(7-9-26-19)20-11-15-5-6-18(21-12-15)23(2)8-10-25-4/h5-6,12-13,17,19-20H,7-11H2,1-4H3/t17-,19+/m0/s1. The Kier molecular flexibility index (Phi) is 6.24. The fourth-order valence-corrected chi connectivity index (χ4v) is 3.24. The van der Waals surface area contributed by atoms with Gasteiger partial charge in [0.25, 0.3) is 0 Å². The van der Waals surface area contributed by atoms with E-state index in [1.165, 1.54) is 11.1 Å². The second-order valence-electron chi connectivity index (χ2n) is 6.82. The molecule has 1 N–H and O–H groups in total. The number of ether oxygens (including phenoxy) is 2.